The second kappa shape index (κ2) is 4.16. The number of aromatic nitrogens is 1. The molecule has 1 fully saturated rings. The Morgan fingerprint density at radius 1 is 1.47 bits per heavy atom. The van der Waals surface area contributed by atoms with Gasteiger partial charge in [0.2, 0.25) is 0 Å². The van der Waals surface area contributed by atoms with Gasteiger partial charge in [-0.1, -0.05) is 22.9 Å². The number of rotatable bonds is 2. The first-order valence-electron chi connectivity index (χ1n) is 5.34. The zero-order chi connectivity index (χ0) is 11.8. The van der Waals surface area contributed by atoms with Gasteiger partial charge < -0.3 is 5.32 Å². The second-order valence-corrected chi connectivity index (χ2v) is 5.47. The lowest BCUT2D eigenvalue weighted by Gasteiger charge is -2.01. The van der Waals surface area contributed by atoms with Crippen LogP contribution < -0.4 is 10.6 Å². The maximum absolute atomic E-state index is 11.5. The van der Waals surface area contributed by atoms with Crippen molar-refractivity contribution in [1.82, 2.24) is 10.3 Å². The molecule has 0 spiro atoms. The number of carbonyl (C=O) groups excluding carboxylic acids is 1. The Balaban J connectivity index is 1.77. The van der Waals surface area contributed by atoms with Crippen molar-refractivity contribution in [2.75, 3.05) is 5.32 Å². The molecule has 0 bridgehead atoms. The number of hydrogen-bond acceptors (Lipinski definition) is 3. The molecule has 1 aromatic heterocycles. The highest BCUT2D eigenvalue weighted by atomic mass is 35.5. The van der Waals surface area contributed by atoms with Gasteiger partial charge in [0, 0.05) is 11.1 Å². The molecule has 88 valence electrons. The van der Waals surface area contributed by atoms with Gasteiger partial charge in [-0.3, -0.25) is 5.32 Å². The average Bonchev–Trinajstić information content (AvgIpc) is 2.97. The number of thiazole rings is 1. The smallest absolute Gasteiger partial charge is 0.321 e. The van der Waals surface area contributed by atoms with Crippen LogP contribution in [0.15, 0.2) is 18.2 Å². The Labute approximate surface area is 107 Å². The zero-order valence-electron chi connectivity index (χ0n) is 8.87. The highest BCUT2D eigenvalue weighted by Gasteiger charge is 2.23. The minimum Gasteiger partial charge on any atom is -0.335 e. The number of nitrogens with zero attached hydrogens (tertiary/aromatic N) is 1. The summed E-state index contributed by atoms with van der Waals surface area (Å²) in [5.41, 5.74) is 0.848. The summed E-state index contributed by atoms with van der Waals surface area (Å²) in [6.45, 7) is 0. The Morgan fingerprint density at radius 2 is 2.29 bits per heavy atom. The van der Waals surface area contributed by atoms with E-state index in [4.69, 9.17) is 11.6 Å². The van der Waals surface area contributed by atoms with Crippen LogP contribution in [0.3, 0.4) is 0 Å². The molecule has 2 amide bonds. The third-order valence-corrected chi connectivity index (χ3v) is 3.65. The van der Waals surface area contributed by atoms with Gasteiger partial charge in [-0.05, 0) is 31.0 Å². The molecule has 2 aromatic rings. The SMILES string of the molecule is O=C(Nc1nc2ccc(Cl)cc2s1)NC1CC1. The van der Waals surface area contributed by atoms with Crippen LogP contribution in [-0.4, -0.2) is 17.1 Å². The largest absolute Gasteiger partial charge is 0.335 e. The number of hydrogen-bond donors (Lipinski definition) is 2. The van der Waals surface area contributed by atoms with Crippen LogP contribution in [0.2, 0.25) is 5.02 Å². The molecule has 6 heteroatoms. The number of nitrogens with one attached hydrogen (secondary N) is 2. The summed E-state index contributed by atoms with van der Waals surface area (Å²) in [5.74, 6) is 0. The summed E-state index contributed by atoms with van der Waals surface area (Å²) < 4.78 is 0.972. The van der Waals surface area contributed by atoms with Crippen molar-refractivity contribution in [3.05, 3.63) is 23.2 Å². The van der Waals surface area contributed by atoms with Crippen molar-refractivity contribution < 1.29 is 4.79 Å². The standard InChI is InChI=1S/C11H10ClN3OS/c12-6-1-4-8-9(5-6)17-11(14-8)15-10(16)13-7-2-3-7/h1,4-5,7H,2-3H2,(H2,13,14,15,16). The summed E-state index contributed by atoms with van der Waals surface area (Å²) in [6, 6.07) is 5.64. The van der Waals surface area contributed by atoms with Crippen LogP contribution in [0.25, 0.3) is 10.2 Å². The minimum atomic E-state index is -0.183. The normalized spacial score (nSPS) is 14.9. The van der Waals surface area contributed by atoms with Gasteiger partial charge >= 0.3 is 6.03 Å². The lowest BCUT2D eigenvalue weighted by molar-refractivity contribution is 0.251. The van der Waals surface area contributed by atoms with E-state index in [1.165, 1.54) is 11.3 Å². The van der Waals surface area contributed by atoms with Gasteiger partial charge in [-0.25, -0.2) is 9.78 Å². The first kappa shape index (κ1) is 10.8. The van der Waals surface area contributed by atoms with Crippen LogP contribution >= 0.6 is 22.9 Å². The van der Waals surface area contributed by atoms with Crippen molar-refractivity contribution in [3.63, 3.8) is 0 Å². The fourth-order valence-electron chi connectivity index (χ4n) is 1.50. The van der Waals surface area contributed by atoms with Crippen molar-refractivity contribution in [1.29, 1.82) is 0 Å². The molecule has 0 unspecified atom stereocenters. The number of amides is 2. The number of halogens is 1. The maximum atomic E-state index is 11.5. The minimum absolute atomic E-state index is 0.183. The molecule has 0 aliphatic heterocycles. The average molecular weight is 268 g/mol. The van der Waals surface area contributed by atoms with Crippen molar-refractivity contribution >= 4 is 44.3 Å². The molecule has 0 atom stereocenters. The van der Waals surface area contributed by atoms with Crippen molar-refractivity contribution in [3.8, 4) is 0 Å². The lowest BCUT2D eigenvalue weighted by atomic mass is 10.3. The Hall–Kier alpha value is -1.33. The molecule has 0 radical (unpaired) electrons. The fraction of sp³-hybridized carbons (Fsp3) is 0.273. The Morgan fingerprint density at radius 3 is 3.06 bits per heavy atom. The van der Waals surface area contributed by atoms with E-state index in [0.717, 1.165) is 23.1 Å². The Bertz CT molecular complexity index is 579. The first-order chi connectivity index (χ1) is 8.20. The van der Waals surface area contributed by atoms with E-state index >= 15 is 0 Å². The van der Waals surface area contributed by atoms with Gasteiger partial charge in [-0.2, -0.15) is 0 Å². The second-order valence-electron chi connectivity index (χ2n) is 4.00. The van der Waals surface area contributed by atoms with Crippen molar-refractivity contribution in [2.45, 2.75) is 18.9 Å². The monoisotopic (exact) mass is 267 g/mol. The highest BCUT2D eigenvalue weighted by Crippen LogP contribution is 2.28. The van der Waals surface area contributed by atoms with Crippen LogP contribution in [0, 0.1) is 0 Å². The number of benzene rings is 1. The third kappa shape index (κ3) is 2.50. The third-order valence-electron chi connectivity index (χ3n) is 2.48. The molecule has 3 rings (SSSR count). The number of anilines is 1. The highest BCUT2D eigenvalue weighted by molar-refractivity contribution is 7.22. The summed E-state index contributed by atoms with van der Waals surface area (Å²) >= 11 is 7.31. The summed E-state index contributed by atoms with van der Waals surface area (Å²) in [6.07, 6.45) is 2.14. The van der Waals surface area contributed by atoms with Gasteiger partial charge in [0.05, 0.1) is 10.2 Å². The Kier molecular flexibility index (Phi) is 2.64. The van der Waals surface area contributed by atoms with E-state index in [1.54, 1.807) is 6.07 Å². The molecule has 0 saturated heterocycles. The van der Waals surface area contributed by atoms with Crippen LogP contribution in [0.4, 0.5) is 9.93 Å². The summed E-state index contributed by atoms with van der Waals surface area (Å²) in [5, 5.41) is 6.86. The lowest BCUT2D eigenvalue weighted by Crippen LogP contribution is -2.30. The maximum Gasteiger partial charge on any atom is 0.321 e. The predicted octanol–water partition coefficient (Wildman–Crippen LogP) is 3.23. The van der Waals surface area contributed by atoms with Crippen LogP contribution in [0.5, 0.6) is 0 Å². The molecule has 1 aliphatic rings. The number of urea groups is 1. The van der Waals surface area contributed by atoms with Gasteiger partial charge in [0.1, 0.15) is 0 Å². The number of fused-ring (bicyclic) bond motifs is 1. The molecule has 1 heterocycles. The quantitative estimate of drug-likeness (QED) is 0.878. The van der Waals surface area contributed by atoms with E-state index in [9.17, 15) is 4.79 Å². The van der Waals surface area contributed by atoms with E-state index in [-0.39, 0.29) is 6.03 Å². The van der Waals surface area contributed by atoms with E-state index in [2.05, 4.69) is 15.6 Å². The van der Waals surface area contributed by atoms with Gasteiger partial charge in [-0.15, -0.1) is 0 Å². The zero-order valence-corrected chi connectivity index (χ0v) is 10.4. The van der Waals surface area contributed by atoms with E-state index in [0.29, 0.717) is 16.2 Å². The summed E-state index contributed by atoms with van der Waals surface area (Å²) in [7, 11) is 0. The van der Waals surface area contributed by atoms with Crippen LogP contribution in [0.1, 0.15) is 12.8 Å². The molecule has 1 aromatic carbocycles. The fourth-order valence-corrected chi connectivity index (χ4v) is 2.64. The molecular formula is C11H10ClN3OS. The topological polar surface area (TPSA) is 54.0 Å². The first-order valence-corrected chi connectivity index (χ1v) is 6.54. The molecule has 17 heavy (non-hydrogen) atoms. The molecule has 2 N–H and O–H groups in total. The van der Waals surface area contributed by atoms with E-state index < -0.39 is 0 Å². The van der Waals surface area contributed by atoms with Gasteiger partial charge in [0.15, 0.2) is 5.13 Å². The van der Waals surface area contributed by atoms with Crippen molar-refractivity contribution in [2.24, 2.45) is 0 Å². The molecular weight excluding hydrogens is 258 g/mol. The molecule has 1 aliphatic carbocycles. The summed E-state index contributed by atoms with van der Waals surface area (Å²) in [4.78, 5) is 15.8. The predicted molar refractivity (Wildman–Crippen MR) is 69.8 cm³/mol. The number of carbonyl (C=O) groups is 1. The molecule has 1 saturated carbocycles. The van der Waals surface area contributed by atoms with Crippen LogP contribution in [-0.2, 0) is 0 Å². The molecule has 4 nitrogen and oxygen atoms in total. The van der Waals surface area contributed by atoms with E-state index in [1.807, 2.05) is 12.1 Å². The van der Waals surface area contributed by atoms with Gasteiger partial charge in [0.25, 0.3) is 0 Å².